The fourth-order valence-electron chi connectivity index (χ4n) is 3.70. The van der Waals surface area contributed by atoms with Crippen molar-refractivity contribution in [2.75, 3.05) is 19.4 Å². The molecule has 1 amide bonds. The number of hydrogen-bond donors (Lipinski definition) is 1. The van der Waals surface area contributed by atoms with Crippen LogP contribution in [0.3, 0.4) is 0 Å². The normalized spacial score (nSPS) is 16.9. The van der Waals surface area contributed by atoms with E-state index in [1.54, 1.807) is 37.3 Å². The fourth-order valence-corrected chi connectivity index (χ4v) is 3.70. The summed E-state index contributed by atoms with van der Waals surface area (Å²) in [5, 5.41) is 3.16. The highest BCUT2D eigenvalue weighted by molar-refractivity contribution is 6.00. The van der Waals surface area contributed by atoms with Crippen LogP contribution in [0.15, 0.2) is 39.9 Å². The number of aromatic nitrogens is 1. The predicted molar refractivity (Wildman–Crippen MR) is 128 cm³/mol. The fraction of sp³-hybridized carbons (Fsp3) is 0.400. The summed E-state index contributed by atoms with van der Waals surface area (Å²) in [6, 6.07) is 1.86. The molecule has 0 aliphatic carbocycles. The number of amides is 1. The summed E-state index contributed by atoms with van der Waals surface area (Å²) >= 11 is 0. The van der Waals surface area contributed by atoms with Gasteiger partial charge in [-0.1, -0.05) is 19.1 Å². The van der Waals surface area contributed by atoms with E-state index in [0.717, 1.165) is 41.3 Å². The molecule has 2 aromatic rings. The third-order valence-corrected chi connectivity index (χ3v) is 5.57. The summed E-state index contributed by atoms with van der Waals surface area (Å²) in [7, 11) is 3.49. The molecule has 0 radical (unpaired) electrons. The Morgan fingerprint density at radius 2 is 2.16 bits per heavy atom. The van der Waals surface area contributed by atoms with E-state index in [1.165, 1.54) is 5.56 Å². The van der Waals surface area contributed by atoms with Gasteiger partial charge in [-0.25, -0.2) is 4.98 Å². The molecular weight excluding hydrogens is 404 g/mol. The van der Waals surface area contributed by atoms with Crippen LogP contribution in [-0.4, -0.2) is 41.8 Å². The number of carbonyl (C=O) groups excluding carboxylic acids is 1. The molecule has 1 aliphatic rings. The number of ether oxygens (including phenoxy) is 1. The first-order valence-corrected chi connectivity index (χ1v) is 10.9. The zero-order chi connectivity index (χ0) is 23.3. The summed E-state index contributed by atoms with van der Waals surface area (Å²) in [6.07, 6.45) is 10.6. The number of nitrogens with zero attached hydrogens (tertiary/aromatic N) is 3. The molecule has 0 saturated heterocycles. The smallest absolute Gasteiger partial charge is 0.246 e. The van der Waals surface area contributed by atoms with Crippen LogP contribution < -0.4 is 10.1 Å². The molecule has 1 N–H and O–H groups in total. The Morgan fingerprint density at radius 1 is 1.38 bits per heavy atom. The molecule has 3 rings (SSSR count). The van der Waals surface area contributed by atoms with Gasteiger partial charge in [0.15, 0.2) is 17.7 Å². The molecular formula is C25H32N4O3. The Bertz CT molecular complexity index is 1070. The highest BCUT2D eigenvalue weighted by atomic mass is 16.5. The van der Waals surface area contributed by atoms with Crippen LogP contribution in [-0.2, 0) is 24.2 Å². The van der Waals surface area contributed by atoms with E-state index in [2.05, 4.69) is 35.2 Å². The maximum atomic E-state index is 12.7. The summed E-state index contributed by atoms with van der Waals surface area (Å²) in [4.78, 5) is 22.9. The Balaban J connectivity index is 1.69. The molecule has 0 spiro atoms. The number of likely N-dealkylation sites (N-methyl/N-ethyl adjacent to an activating group) is 1. The zero-order valence-corrected chi connectivity index (χ0v) is 19.7. The average Bonchev–Trinajstić information content (AvgIpc) is 3.09. The number of amidine groups is 1. The van der Waals surface area contributed by atoms with Crippen LogP contribution in [0.4, 0.5) is 5.82 Å². The lowest BCUT2D eigenvalue weighted by Gasteiger charge is -2.25. The van der Waals surface area contributed by atoms with E-state index >= 15 is 0 Å². The van der Waals surface area contributed by atoms with Gasteiger partial charge in [0.1, 0.15) is 17.4 Å². The number of allylic oxidation sites excluding steroid dienone is 2. The molecule has 32 heavy (non-hydrogen) atoms. The molecule has 1 aliphatic heterocycles. The Morgan fingerprint density at radius 3 is 2.84 bits per heavy atom. The van der Waals surface area contributed by atoms with Gasteiger partial charge >= 0.3 is 0 Å². The number of anilines is 1. The second-order valence-corrected chi connectivity index (χ2v) is 7.82. The van der Waals surface area contributed by atoms with Crippen LogP contribution in [0.25, 0.3) is 6.08 Å². The number of fused-ring (bicyclic) bond motifs is 1. The van der Waals surface area contributed by atoms with E-state index in [4.69, 9.17) is 9.15 Å². The van der Waals surface area contributed by atoms with E-state index in [0.29, 0.717) is 18.1 Å². The highest BCUT2D eigenvalue weighted by Crippen LogP contribution is 2.29. The van der Waals surface area contributed by atoms with Crippen molar-refractivity contribution in [2.45, 2.75) is 53.2 Å². The van der Waals surface area contributed by atoms with Crippen LogP contribution in [0.2, 0.25) is 0 Å². The lowest BCUT2D eigenvalue weighted by Crippen LogP contribution is -2.35. The molecule has 1 atom stereocenters. The van der Waals surface area contributed by atoms with Crippen molar-refractivity contribution in [2.24, 2.45) is 4.99 Å². The first kappa shape index (κ1) is 23.3. The zero-order valence-electron chi connectivity index (χ0n) is 19.7. The Labute approximate surface area is 189 Å². The Kier molecular flexibility index (Phi) is 7.51. The maximum absolute atomic E-state index is 12.7. The molecule has 3 heterocycles. The molecule has 0 aromatic carbocycles. The first-order chi connectivity index (χ1) is 15.4. The summed E-state index contributed by atoms with van der Waals surface area (Å²) in [5.74, 6) is 3.70. The molecule has 7 heteroatoms. The van der Waals surface area contributed by atoms with Crippen molar-refractivity contribution >= 4 is 23.6 Å². The van der Waals surface area contributed by atoms with Crippen molar-refractivity contribution in [3.63, 3.8) is 0 Å². The standard InChI is InChI=1S/C25H32N4O3/c1-7-9-10-20-19(8-2)16(3)22(32-20)15-29(6)23(30)12-11-18-13-21-25(27-14-18)28-24(26-5)17(4)31-21/h7,9,11-14,17H,8,10,15H2,1-6H3,(H,26,27,28)/b9-7-,12-11+. The highest BCUT2D eigenvalue weighted by Gasteiger charge is 2.22. The number of nitrogens with one attached hydrogen (secondary N) is 1. The van der Waals surface area contributed by atoms with Gasteiger partial charge in [-0.05, 0) is 56.0 Å². The van der Waals surface area contributed by atoms with Gasteiger partial charge in [-0.15, -0.1) is 0 Å². The lowest BCUT2D eigenvalue weighted by atomic mass is 10.1. The van der Waals surface area contributed by atoms with E-state index in [-0.39, 0.29) is 12.0 Å². The number of pyridine rings is 1. The van der Waals surface area contributed by atoms with Crippen LogP contribution >= 0.6 is 0 Å². The van der Waals surface area contributed by atoms with Crippen molar-refractivity contribution in [3.05, 3.63) is 58.7 Å². The minimum Gasteiger partial charge on any atom is -0.479 e. The molecule has 2 aromatic heterocycles. The minimum absolute atomic E-state index is 0.112. The largest absolute Gasteiger partial charge is 0.479 e. The second kappa shape index (κ2) is 10.3. The van der Waals surface area contributed by atoms with Gasteiger partial charge in [-0.2, -0.15) is 0 Å². The summed E-state index contributed by atoms with van der Waals surface area (Å²) in [5.41, 5.74) is 3.14. The monoisotopic (exact) mass is 436 g/mol. The van der Waals surface area contributed by atoms with Gasteiger partial charge in [-0.3, -0.25) is 9.79 Å². The molecule has 0 bridgehead atoms. The molecule has 170 valence electrons. The molecule has 0 saturated carbocycles. The van der Waals surface area contributed by atoms with Crippen LogP contribution in [0, 0.1) is 6.92 Å². The van der Waals surface area contributed by atoms with Crippen molar-refractivity contribution in [1.82, 2.24) is 9.88 Å². The number of aliphatic imine (C=N–C) groups is 1. The number of hydrogen-bond acceptors (Lipinski definition) is 5. The van der Waals surface area contributed by atoms with Gasteiger partial charge in [0.25, 0.3) is 0 Å². The van der Waals surface area contributed by atoms with Gasteiger partial charge in [0.2, 0.25) is 5.91 Å². The van der Waals surface area contributed by atoms with E-state index in [1.807, 2.05) is 26.0 Å². The SMILES string of the molecule is C/C=C\Cc1oc(CN(C)C(=O)/C=C/c2cnc3c(c2)OC(C)C(=NC)N3)c(C)c1CC. The third-order valence-electron chi connectivity index (χ3n) is 5.57. The van der Waals surface area contributed by atoms with Crippen LogP contribution in [0.5, 0.6) is 5.75 Å². The molecule has 0 fully saturated rings. The van der Waals surface area contributed by atoms with Crippen molar-refractivity contribution in [3.8, 4) is 5.75 Å². The number of carbonyl (C=O) groups is 1. The number of rotatable bonds is 7. The van der Waals surface area contributed by atoms with Crippen molar-refractivity contribution in [1.29, 1.82) is 0 Å². The van der Waals surface area contributed by atoms with Crippen LogP contribution in [0.1, 0.15) is 49.0 Å². The third kappa shape index (κ3) is 5.10. The van der Waals surface area contributed by atoms with E-state index in [9.17, 15) is 4.79 Å². The van der Waals surface area contributed by atoms with Gasteiger partial charge < -0.3 is 19.4 Å². The maximum Gasteiger partial charge on any atom is 0.246 e. The average molecular weight is 437 g/mol. The van der Waals surface area contributed by atoms with Gasteiger partial charge in [0.05, 0.1) is 6.54 Å². The summed E-state index contributed by atoms with van der Waals surface area (Å²) < 4.78 is 12.0. The predicted octanol–water partition coefficient (Wildman–Crippen LogP) is 4.56. The van der Waals surface area contributed by atoms with E-state index < -0.39 is 0 Å². The first-order valence-electron chi connectivity index (χ1n) is 10.9. The topological polar surface area (TPSA) is 80.0 Å². The number of furan rings is 1. The quantitative estimate of drug-likeness (QED) is 0.508. The Hall–Kier alpha value is -3.35. The minimum atomic E-state index is -0.177. The summed E-state index contributed by atoms with van der Waals surface area (Å²) in [6.45, 7) is 8.53. The molecule has 7 nitrogen and oxygen atoms in total. The molecule has 1 unspecified atom stereocenters. The lowest BCUT2D eigenvalue weighted by molar-refractivity contribution is -0.125. The second-order valence-electron chi connectivity index (χ2n) is 7.82. The van der Waals surface area contributed by atoms with Gasteiger partial charge in [0, 0.05) is 32.8 Å². The van der Waals surface area contributed by atoms with Crippen molar-refractivity contribution < 1.29 is 13.9 Å².